The molecule has 0 aromatic rings. The molecule has 0 unspecified atom stereocenters. The predicted octanol–water partition coefficient (Wildman–Crippen LogP) is 1.71. The van der Waals surface area contributed by atoms with Crippen molar-refractivity contribution in [3.63, 3.8) is 0 Å². The van der Waals surface area contributed by atoms with Gasteiger partial charge in [-0.25, -0.2) is 4.39 Å². The van der Waals surface area contributed by atoms with E-state index in [1.165, 1.54) is 7.11 Å². The Bertz CT molecular complexity index is 302. The van der Waals surface area contributed by atoms with E-state index in [0.717, 1.165) is 12.2 Å². The molecule has 0 saturated carbocycles. The minimum atomic E-state index is -0.683. The second kappa shape index (κ2) is 5.85. The summed E-state index contributed by atoms with van der Waals surface area (Å²) in [5.41, 5.74) is 0.0363. The van der Waals surface area contributed by atoms with E-state index in [9.17, 15) is 14.0 Å². The highest BCUT2D eigenvalue weighted by Crippen LogP contribution is 2.03. The molecule has 0 amide bonds. The van der Waals surface area contributed by atoms with E-state index in [4.69, 9.17) is 0 Å². The monoisotopic (exact) mass is 198 g/mol. The van der Waals surface area contributed by atoms with Gasteiger partial charge in [0.05, 0.1) is 7.11 Å². The zero-order valence-corrected chi connectivity index (χ0v) is 7.88. The molecule has 14 heavy (non-hydrogen) atoms. The minimum Gasteiger partial charge on any atom is -0.469 e. The molecule has 0 saturated heterocycles. The second-order valence-corrected chi connectivity index (χ2v) is 2.48. The van der Waals surface area contributed by atoms with Gasteiger partial charge in [0.15, 0.2) is 5.78 Å². The number of Topliss-reactive ketones (excluding diaryl/α,β-unsaturated/α-hetero) is 1. The van der Waals surface area contributed by atoms with E-state index < -0.39 is 24.0 Å². The van der Waals surface area contributed by atoms with Gasteiger partial charge in [-0.3, -0.25) is 9.59 Å². The summed E-state index contributed by atoms with van der Waals surface area (Å²) >= 11 is 0. The molecule has 0 aliphatic heterocycles. The summed E-state index contributed by atoms with van der Waals surface area (Å²) in [4.78, 5) is 21.8. The highest BCUT2D eigenvalue weighted by Gasteiger charge is 2.10. The van der Waals surface area contributed by atoms with Gasteiger partial charge < -0.3 is 4.74 Å². The van der Waals surface area contributed by atoms with Gasteiger partial charge in [-0.1, -0.05) is 13.2 Å². The Labute approximate surface area is 81.6 Å². The molecule has 0 bridgehead atoms. The van der Waals surface area contributed by atoms with Crippen LogP contribution in [0.15, 0.2) is 36.7 Å². The number of allylic oxidation sites excluding steroid dienone is 4. The standard InChI is InChI=1S/C10H11FO3/c1-7(4-5-8(2)11)9(12)6-10(13)14-3/h4-5H,1-2,6H2,3H3/b5-4-. The summed E-state index contributed by atoms with van der Waals surface area (Å²) in [6, 6.07) is 0. The molecule has 0 aliphatic carbocycles. The van der Waals surface area contributed by atoms with Crippen molar-refractivity contribution < 1.29 is 18.7 Å². The lowest BCUT2D eigenvalue weighted by molar-refractivity contribution is -0.142. The number of hydrogen-bond acceptors (Lipinski definition) is 3. The molecular formula is C10H11FO3. The number of ketones is 1. The Hall–Kier alpha value is -1.71. The molecule has 0 atom stereocenters. The first-order chi connectivity index (χ1) is 6.47. The fraction of sp³-hybridized carbons (Fsp3) is 0.200. The number of halogens is 1. The van der Waals surface area contributed by atoms with Crippen molar-refractivity contribution in [3.05, 3.63) is 36.7 Å². The quantitative estimate of drug-likeness (QED) is 0.292. The fourth-order valence-electron chi connectivity index (χ4n) is 0.601. The molecule has 0 N–H and O–H groups in total. The number of carbonyl (C=O) groups excluding carboxylic acids is 2. The van der Waals surface area contributed by atoms with Crippen LogP contribution in [0.3, 0.4) is 0 Å². The van der Waals surface area contributed by atoms with Gasteiger partial charge in [0.1, 0.15) is 12.2 Å². The summed E-state index contributed by atoms with van der Waals surface area (Å²) in [6.07, 6.45) is 1.77. The van der Waals surface area contributed by atoms with Gasteiger partial charge in [0, 0.05) is 5.57 Å². The summed E-state index contributed by atoms with van der Waals surface area (Å²) in [6.45, 7) is 6.33. The van der Waals surface area contributed by atoms with Gasteiger partial charge in [-0.15, -0.1) is 0 Å². The van der Waals surface area contributed by atoms with Crippen molar-refractivity contribution in [1.82, 2.24) is 0 Å². The molecule has 0 aliphatic rings. The van der Waals surface area contributed by atoms with E-state index >= 15 is 0 Å². The third kappa shape index (κ3) is 5.03. The molecule has 4 heteroatoms. The first kappa shape index (κ1) is 12.3. The van der Waals surface area contributed by atoms with Gasteiger partial charge in [-0.05, 0) is 12.2 Å². The number of carbonyl (C=O) groups is 2. The summed E-state index contributed by atoms with van der Waals surface area (Å²) in [5, 5.41) is 0. The lowest BCUT2D eigenvalue weighted by Crippen LogP contribution is -2.09. The minimum absolute atomic E-state index is 0.0363. The van der Waals surface area contributed by atoms with Gasteiger partial charge >= 0.3 is 5.97 Å². The zero-order valence-electron chi connectivity index (χ0n) is 7.88. The average molecular weight is 198 g/mol. The maximum Gasteiger partial charge on any atom is 0.313 e. The van der Waals surface area contributed by atoms with Crippen LogP contribution in [0.4, 0.5) is 4.39 Å². The van der Waals surface area contributed by atoms with Gasteiger partial charge in [-0.2, -0.15) is 0 Å². The number of hydrogen-bond donors (Lipinski definition) is 0. The Balaban J connectivity index is 4.20. The smallest absolute Gasteiger partial charge is 0.313 e. The van der Waals surface area contributed by atoms with E-state index in [1.807, 2.05) is 0 Å². The van der Waals surface area contributed by atoms with Crippen molar-refractivity contribution in [1.29, 1.82) is 0 Å². The first-order valence-corrected chi connectivity index (χ1v) is 3.78. The van der Waals surface area contributed by atoms with Crippen molar-refractivity contribution >= 4 is 11.8 Å². The van der Waals surface area contributed by atoms with E-state index in [-0.39, 0.29) is 5.57 Å². The van der Waals surface area contributed by atoms with Crippen LogP contribution in [-0.2, 0) is 14.3 Å². The SMILES string of the molecule is C=C(F)/C=C\C(=C)C(=O)CC(=O)OC. The topological polar surface area (TPSA) is 43.4 Å². The molecule has 76 valence electrons. The molecule has 0 heterocycles. The van der Waals surface area contributed by atoms with Crippen molar-refractivity contribution in [3.8, 4) is 0 Å². The summed E-state index contributed by atoms with van der Waals surface area (Å²) in [5.74, 6) is -1.84. The zero-order chi connectivity index (χ0) is 11.1. The fourth-order valence-corrected chi connectivity index (χ4v) is 0.601. The van der Waals surface area contributed by atoms with Crippen LogP contribution in [0, 0.1) is 0 Å². The molecule has 0 spiro atoms. The van der Waals surface area contributed by atoms with Crippen LogP contribution < -0.4 is 0 Å². The first-order valence-electron chi connectivity index (χ1n) is 3.78. The number of ether oxygens (including phenoxy) is 1. The number of methoxy groups -OCH3 is 1. The third-order valence-electron chi connectivity index (χ3n) is 1.36. The molecule has 0 rings (SSSR count). The molecule has 0 radical (unpaired) electrons. The summed E-state index contributed by atoms with van der Waals surface area (Å²) in [7, 11) is 1.18. The van der Waals surface area contributed by atoms with Crippen LogP contribution in [0.1, 0.15) is 6.42 Å². The Morgan fingerprint density at radius 3 is 2.36 bits per heavy atom. The normalized spacial score (nSPS) is 9.86. The van der Waals surface area contributed by atoms with E-state index in [2.05, 4.69) is 17.9 Å². The largest absolute Gasteiger partial charge is 0.469 e. The van der Waals surface area contributed by atoms with E-state index in [0.29, 0.717) is 0 Å². The van der Waals surface area contributed by atoms with Gasteiger partial charge in [0.2, 0.25) is 0 Å². The third-order valence-corrected chi connectivity index (χ3v) is 1.36. The molecular weight excluding hydrogens is 187 g/mol. The maximum atomic E-state index is 12.1. The molecule has 0 aromatic heterocycles. The van der Waals surface area contributed by atoms with Crippen molar-refractivity contribution in [2.75, 3.05) is 7.11 Å². The lowest BCUT2D eigenvalue weighted by atomic mass is 10.1. The van der Waals surface area contributed by atoms with Crippen LogP contribution in [-0.4, -0.2) is 18.9 Å². The summed E-state index contributed by atoms with van der Waals surface area (Å²) < 4.78 is 16.4. The molecule has 0 aromatic carbocycles. The Morgan fingerprint density at radius 1 is 1.36 bits per heavy atom. The van der Waals surface area contributed by atoms with E-state index in [1.54, 1.807) is 0 Å². The van der Waals surface area contributed by atoms with Gasteiger partial charge in [0.25, 0.3) is 0 Å². The number of esters is 1. The predicted molar refractivity (Wildman–Crippen MR) is 50.2 cm³/mol. The molecule has 0 fully saturated rings. The van der Waals surface area contributed by atoms with Crippen LogP contribution in [0.5, 0.6) is 0 Å². The second-order valence-electron chi connectivity index (χ2n) is 2.48. The highest BCUT2D eigenvalue weighted by molar-refractivity contribution is 6.06. The lowest BCUT2D eigenvalue weighted by Gasteiger charge is -1.98. The van der Waals surface area contributed by atoms with Crippen LogP contribution >= 0.6 is 0 Å². The van der Waals surface area contributed by atoms with Crippen LogP contribution in [0.25, 0.3) is 0 Å². The average Bonchev–Trinajstić information content (AvgIpc) is 2.13. The van der Waals surface area contributed by atoms with Crippen molar-refractivity contribution in [2.24, 2.45) is 0 Å². The van der Waals surface area contributed by atoms with Crippen molar-refractivity contribution in [2.45, 2.75) is 6.42 Å². The Morgan fingerprint density at radius 2 is 1.93 bits per heavy atom. The number of rotatable bonds is 5. The van der Waals surface area contributed by atoms with Crippen LogP contribution in [0.2, 0.25) is 0 Å². The maximum absolute atomic E-state index is 12.1. The highest BCUT2D eigenvalue weighted by atomic mass is 19.1. The Kier molecular flexibility index (Phi) is 5.14. The molecule has 3 nitrogen and oxygen atoms in total.